The molecule has 0 bridgehead atoms. The van der Waals surface area contributed by atoms with Crippen LogP contribution >= 0.6 is 0 Å². The number of rotatable bonds is 5. The van der Waals surface area contributed by atoms with Gasteiger partial charge in [0.05, 0.1) is 12.8 Å². The quantitative estimate of drug-likeness (QED) is 0.740. The van der Waals surface area contributed by atoms with Gasteiger partial charge in [-0.2, -0.15) is 0 Å². The van der Waals surface area contributed by atoms with Crippen molar-refractivity contribution in [2.45, 2.75) is 25.3 Å². The number of aromatic nitrogens is 3. The number of aromatic amines is 1. The highest BCUT2D eigenvalue weighted by molar-refractivity contribution is 5.56. The van der Waals surface area contributed by atoms with Crippen molar-refractivity contribution in [1.29, 1.82) is 0 Å². The largest absolute Gasteiger partial charge is 0.497 e. The molecule has 4 rings (SSSR count). The number of ether oxygens (including phenoxy) is 1. The van der Waals surface area contributed by atoms with Gasteiger partial charge in [0.25, 0.3) is 5.56 Å². The summed E-state index contributed by atoms with van der Waals surface area (Å²) in [6, 6.07) is 13.3. The first kappa shape index (κ1) is 18.4. The molecule has 2 aromatic heterocycles. The van der Waals surface area contributed by atoms with Crippen molar-refractivity contribution in [2.75, 3.05) is 20.2 Å². The zero-order valence-corrected chi connectivity index (χ0v) is 16.0. The fraction of sp³-hybridized carbons (Fsp3) is 0.318. The van der Waals surface area contributed by atoms with Gasteiger partial charge < -0.3 is 9.72 Å². The van der Waals surface area contributed by atoms with Crippen molar-refractivity contribution >= 4 is 0 Å². The minimum atomic E-state index is -0.103. The van der Waals surface area contributed by atoms with Gasteiger partial charge in [-0.25, -0.2) is 4.98 Å². The second-order valence-electron chi connectivity index (χ2n) is 7.16. The average molecular weight is 376 g/mol. The number of benzene rings is 1. The number of methoxy groups -OCH3 is 1. The number of likely N-dealkylation sites (tertiary alicyclic amines) is 1. The zero-order chi connectivity index (χ0) is 19.3. The molecule has 0 aliphatic carbocycles. The second-order valence-corrected chi connectivity index (χ2v) is 7.16. The minimum Gasteiger partial charge on any atom is -0.497 e. The molecule has 0 spiro atoms. The van der Waals surface area contributed by atoms with E-state index in [1.54, 1.807) is 19.4 Å². The van der Waals surface area contributed by atoms with Gasteiger partial charge >= 0.3 is 0 Å². The van der Waals surface area contributed by atoms with E-state index in [2.05, 4.69) is 20.9 Å². The zero-order valence-electron chi connectivity index (χ0n) is 16.0. The van der Waals surface area contributed by atoms with E-state index in [1.807, 2.05) is 36.5 Å². The highest BCUT2D eigenvalue weighted by Crippen LogP contribution is 2.28. The number of nitrogens with zero attached hydrogens (tertiary/aromatic N) is 3. The van der Waals surface area contributed by atoms with Crippen LogP contribution in [-0.4, -0.2) is 40.1 Å². The van der Waals surface area contributed by atoms with Crippen molar-refractivity contribution < 1.29 is 4.74 Å². The van der Waals surface area contributed by atoms with Gasteiger partial charge in [-0.05, 0) is 61.8 Å². The van der Waals surface area contributed by atoms with Gasteiger partial charge in [0, 0.05) is 36.5 Å². The van der Waals surface area contributed by atoms with Crippen LogP contribution in [0.3, 0.4) is 0 Å². The highest BCUT2D eigenvalue weighted by atomic mass is 16.5. The molecule has 6 nitrogen and oxygen atoms in total. The predicted octanol–water partition coefficient (Wildman–Crippen LogP) is 3.22. The van der Waals surface area contributed by atoms with Gasteiger partial charge in [-0.15, -0.1) is 0 Å². The number of piperidine rings is 1. The van der Waals surface area contributed by atoms with Crippen LogP contribution < -0.4 is 10.3 Å². The van der Waals surface area contributed by atoms with Crippen molar-refractivity contribution in [2.24, 2.45) is 0 Å². The Morgan fingerprint density at radius 3 is 2.64 bits per heavy atom. The molecule has 6 heteroatoms. The minimum absolute atomic E-state index is 0.103. The standard InChI is InChI=1S/C22H24N4O2/c1-28-19-6-4-18(5-7-19)22-24-20(13-21(27)25-22)17-8-11-26(12-9-17)15-16-3-2-10-23-14-16/h2-7,10,13-14,17H,8-9,11-12,15H2,1H3,(H,24,25,27). The summed E-state index contributed by atoms with van der Waals surface area (Å²) >= 11 is 0. The Hall–Kier alpha value is -2.99. The van der Waals surface area contributed by atoms with Crippen LogP contribution in [0.2, 0.25) is 0 Å². The molecule has 3 heterocycles. The molecule has 1 aliphatic rings. The topological polar surface area (TPSA) is 71.1 Å². The number of pyridine rings is 1. The summed E-state index contributed by atoms with van der Waals surface area (Å²) in [5.41, 5.74) is 2.90. The van der Waals surface area contributed by atoms with E-state index in [0.717, 1.165) is 49.5 Å². The summed E-state index contributed by atoms with van der Waals surface area (Å²) in [5.74, 6) is 1.70. The summed E-state index contributed by atoms with van der Waals surface area (Å²) < 4.78 is 5.20. The first-order valence-electron chi connectivity index (χ1n) is 9.58. The van der Waals surface area contributed by atoms with E-state index < -0.39 is 0 Å². The summed E-state index contributed by atoms with van der Waals surface area (Å²) in [7, 11) is 1.64. The van der Waals surface area contributed by atoms with E-state index in [0.29, 0.717) is 11.7 Å². The molecule has 0 saturated carbocycles. The lowest BCUT2D eigenvalue weighted by Crippen LogP contribution is -2.33. The van der Waals surface area contributed by atoms with Gasteiger partial charge in [-0.3, -0.25) is 14.7 Å². The summed E-state index contributed by atoms with van der Waals surface area (Å²) in [6.07, 6.45) is 5.72. The van der Waals surface area contributed by atoms with Crippen LogP contribution in [0.25, 0.3) is 11.4 Å². The second kappa shape index (κ2) is 8.35. The molecule has 1 fully saturated rings. The van der Waals surface area contributed by atoms with Crippen LogP contribution in [-0.2, 0) is 6.54 Å². The van der Waals surface area contributed by atoms with E-state index in [9.17, 15) is 4.79 Å². The van der Waals surface area contributed by atoms with E-state index in [-0.39, 0.29) is 5.56 Å². The molecule has 1 N–H and O–H groups in total. The summed E-state index contributed by atoms with van der Waals surface area (Å²) in [5, 5.41) is 0. The van der Waals surface area contributed by atoms with Crippen LogP contribution in [0.5, 0.6) is 5.75 Å². The highest BCUT2D eigenvalue weighted by Gasteiger charge is 2.22. The Kier molecular flexibility index (Phi) is 5.48. The maximum absolute atomic E-state index is 12.2. The SMILES string of the molecule is COc1ccc(-c2nc(C3CCN(Cc4cccnc4)CC3)cc(=O)[nH]2)cc1. The van der Waals surface area contributed by atoms with Crippen molar-refractivity contribution in [3.8, 4) is 17.1 Å². The lowest BCUT2D eigenvalue weighted by atomic mass is 9.93. The summed E-state index contributed by atoms with van der Waals surface area (Å²) in [6.45, 7) is 2.90. The fourth-order valence-electron chi connectivity index (χ4n) is 3.71. The Morgan fingerprint density at radius 2 is 1.96 bits per heavy atom. The normalized spacial score (nSPS) is 15.5. The Labute approximate surface area is 164 Å². The van der Waals surface area contributed by atoms with Gasteiger partial charge in [0.1, 0.15) is 11.6 Å². The van der Waals surface area contributed by atoms with Gasteiger partial charge in [-0.1, -0.05) is 6.07 Å². The molecule has 3 aromatic rings. The smallest absolute Gasteiger partial charge is 0.251 e. The number of hydrogen-bond donors (Lipinski definition) is 1. The summed E-state index contributed by atoms with van der Waals surface area (Å²) in [4.78, 5) is 26.5. The van der Waals surface area contributed by atoms with E-state index >= 15 is 0 Å². The average Bonchev–Trinajstić information content (AvgIpc) is 2.75. The van der Waals surface area contributed by atoms with Crippen LogP contribution in [0.1, 0.15) is 30.0 Å². The van der Waals surface area contributed by atoms with Crippen LogP contribution in [0.4, 0.5) is 0 Å². The fourth-order valence-corrected chi connectivity index (χ4v) is 3.71. The molecule has 0 amide bonds. The Bertz CT molecular complexity index is 962. The molecule has 1 aliphatic heterocycles. The monoisotopic (exact) mass is 376 g/mol. The third kappa shape index (κ3) is 4.28. The maximum Gasteiger partial charge on any atom is 0.251 e. The number of nitrogens with one attached hydrogen (secondary N) is 1. The molecule has 0 radical (unpaired) electrons. The van der Waals surface area contributed by atoms with Crippen LogP contribution in [0.15, 0.2) is 59.7 Å². The molecule has 0 unspecified atom stereocenters. The van der Waals surface area contributed by atoms with Crippen molar-refractivity contribution in [3.63, 3.8) is 0 Å². The maximum atomic E-state index is 12.2. The Morgan fingerprint density at radius 1 is 1.18 bits per heavy atom. The van der Waals surface area contributed by atoms with Crippen molar-refractivity contribution in [1.82, 2.24) is 19.9 Å². The lowest BCUT2D eigenvalue weighted by Gasteiger charge is -2.31. The molecule has 1 aromatic carbocycles. The third-order valence-corrected chi connectivity index (χ3v) is 5.26. The number of hydrogen-bond acceptors (Lipinski definition) is 5. The first-order valence-corrected chi connectivity index (χ1v) is 9.58. The number of H-pyrrole nitrogens is 1. The van der Waals surface area contributed by atoms with Gasteiger partial charge in [0.15, 0.2) is 0 Å². The van der Waals surface area contributed by atoms with E-state index in [1.165, 1.54) is 5.56 Å². The third-order valence-electron chi connectivity index (χ3n) is 5.26. The van der Waals surface area contributed by atoms with Gasteiger partial charge in [0.2, 0.25) is 0 Å². The molecule has 144 valence electrons. The predicted molar refractivity (Wildman–Crippen MR) is 108 cm³/mol. The molecular weight excluding hydrogens is 352 g/mol. The molecule has 1 saturated heterocycles. The van der Waals surface area contributed by atoms with Crippen molar-refractivity contribution in [3.05, 3.63) is 76.5 Å². The molecule has 28 heavy (non-hydrogen) atoms. The van der Waals surface area contributed by atoms with E-state index in [4.69, 9.17) is 9.72 Å². The molecule has 0 atom stereocenters. The Balaban J connectivity index is 1.46. The molecular formula is C22H24N4O2. The first-order chi connectivity index (χ1) is 13.7. The van der Waals surface area contributed by atoms with Crippen LogP contribution in [0, 0.1) is 0 Å². The lowest BCUT2D eigenvalue weighted by molar-refractivity contribution is 0.203.